The third-order valence-corrected chi connectivity index (χ3v) is 13.4. The number of fused-ring (bicyclic) bond motifs is 5. The lowest BCUT2D eigenvalue weighted by molar-refractivity contribution is -0.137. The van der Waals surface area contributed by atoms with Crippen LogP contribution in [0.1, 0.15) is 82.1 Å². The second kappa shape index (κ2) is 17.5. The summed E-state index contributed by atoms with van der Waals surface area (Å²) in [5.74, 6) is -1.31. The molecule has 5 heterocycles. The quantitative estimate of drug-likeness (QED) is 0.110. The van der Waals surface area contributed by atoms with Crippen LogP contribution in [0.3, 0.4) is 0 Å². The van der Waals surface area contributed by atoms with Crippen molar-refractivity contribution in [1.29, 1.82) is 5.26 Å². The molecule has 9 rings (SSSR count). The Morgan fingerprint density at radius 1 is 0.941 bits per heavy atom. The van der Waals surface area contributed by atoms with Gasteiger partial charge in [-0.25, -0.2) is 18.6 Å². The van der Waals surface area contributed by atoms with Crippen LogP contribution < -0.4 is 28.7 Å². The zero-order valence-electron chi connectivity index (χ0n) is 38.8. The lowest BCUT2D eigenvalue weighted by atomic mass is 9.95. The van der Waals surface area contributed by atoms with Gasteiger partial charge in [0.1, 0.15) is 51.4 Å². The largest absolute Gasteiger partial charge is 0.497 e. The van der Waals surface area contributed by atoms with Gasteiger partial charge in [0.15, 0.2) is 5.82 Å². The third kappa shape index (κ3) is 8.71. The minimum atomic E-state index is -5.18. The molecule has 2 aromatic heterocycles. The normalized spacial score (nSPS) is 20.2. The number of methoxy groups -OCH3 is 2. The summed E-state index contributed by atoms with van der Waals surface area (Å²) < 4.78 is 111. The average molecular weight is 942 g/mol. The third-order valence-electron chi connectivity index (χ3n) is 13.4. The van der Waals surface area contributed by atoms with Gasteiger partial charge in [-0.15, -0.1) is 0 Å². The van der Waals surface area contributed by atoms with Gasteiger partial charge in [0.25, 0.3) is 0 Å². The van der Waals surface area contributed by atoms with Crippen molar-refractivity contribution in [2.75, 3.05) is 37.2 Å². The zero-order valence-corrected chi connectivity index (χ0v) is 38.8. The SMILES string of the molecule is COc1ccc(CN(Cc2ccc(OC)cc2)c2cc(-c3nc4c5c(nc(OCC6(CC#N)CC6)nc5c3F)N3C[C@H]5CC[C@@H]([C@H]3[C@H](C)O4)N5C(=O)OC(C)(C)C)c(C(F)(F)F)c(C)c2F)cc1. The first-order chi connectivity index (χ1) is 32.3. The predicted molar refractivity (Wildman–Crippen MR) is 242 cm³/mol. The molecule has 4 atom stereocenters. The molecule has 358 valence electrons. The minimum absolute atomic E-state index is 0.00415. The van der Waals surface area contributed by atoms with E-state index in [-0.39, 0.29) is 67.5 Å². The van der Waals surface area contributed by atoms with Crippen LogP contribution in [0.5, 0.6) is 23.4 Å². The number of ether oxygens (including phenoxy) is 5. The lowest BCUT2D eigenvalue weighted by Gasteiger charge is -2.48. The Bertz CT molecular complexity index is 2740. The van der Waals surface area contributed by atoms with Crippen molar-refractivity contribution >= 4 is 28.5 Å². The van der Waals surface area contributed by atoms with E-state index in [1.165, 1.54) is 14.2 Å². The number of carbonyl (C=O) groups is 1. The van der Waals surface area contributed by atoms with E-state index in [0.29, 0.717) is 35.5 Å². The van der Waals surface area contributed by atoms with Crippen molar-refractivity contribution in [2.45, 2.75) is 116 Å². The van der Waals surface area contributed by atoms with Gasteiger partial charge >= 0.3 is 18.3 Å². The second-order valence-electron chi connectivity index (χ2n) is 19.2. The van der Waals surface area contributed by atoms with E-state index in [4.69, 9.17) is 28.7 Å². The van der Waals surface area contributed by atoms with Crippen molar-refractivity contribution < 1.29 is 50.4 Å². The molecule has 4 aliphatic rings. The number of hydrogen-bond donors (Lipinski definition) is 0. The van der Waals surface area contributed by atoms with Crippen molar-refractivity contribution in [2.24, 2.45) is 5.41 Å². The highest BCUT2D eigenvalue weighted by molar-refractivity contribution is 5.98. The van der Waals surface area contributed by atoms with Crippen LogP contribution in [-0.4, -0.2) is 83.1 Å². The number of amides is 1. The highest BCUT2D eigenvalue weighted by Crippen LogP contribution is 2.51. The molecule has 0 N–H and O–H groups in total. The van der Waals surface area contributed by atoms with Crippen LogP contribution in [0.4, 0.5) is 38.3 Å². The molecule has 3 aliphatic heterocycles. The molecule has 2 bridgehead atoms. The molecule has 3 fully saturated rings. The van der Waals surface area contributed by atoms with E-state index in [1.54, 1.807) is 86.0 Å². The van der Waals surface area contributed by atoms with Gasteiger partial charge in [-0.3, -0.25) is 4.90 Å². The number of rotatable bonds is 12. The number of aromatic nitrogens is 3. The summed E-state index contributed by atoms with van der Waals surface area (Å²) in [7, 11) is 3.04. The number of nitriles is 1. The van der Waals surface area contributed by atoms with E-state index < -0.39 is 81.0 Å². The summed E-state index contributed by atoms with van der Waals surface area (Å²) in [6.07, 6.45) is -3.61. The predicted octanol–water partition coefficient (Wildman–Crippen LogP) is 10.3. The fourth-order valence-corrected chi connectivity index (χ4v) is 9.88. The molecule has 1 saturated carbocycles. The Labute approximate surface area is 390 Å². The summed E-state index contributed by atoms with van der Waals surface area (Å²) in [4.78, 5) is 32.9. The molecule has 0 spiro atoms. The summed E-state index contributed by atoms with van der Waals surface area (Å²) in [6.45, 7) is 8.46. The number of halogens is 5. The maximum atomic E-state index is 17.9. The molecule has 1 aliphatic carbocycles. The van der Waals surface area contributed by atoms with Crippen LogP contribution in [0.2, 0.25) is 0 Å². The standard InChI is InChI=1S/C50H52F5N7O6/c1-27-38(50(53,54)55)34(22-36(39(27)51)60(23-29-8-13-32(64-6)14-9-29)24-30-10-15-33(65-7)16-11-30)41-40(52)42-37-44(59-46(58-42)66-26-49(18-19-49)20-21-56)61-25-31-12-17-35(43(61)28(2)67-45(37)57-41)62(31)47(63)68-48(3,4)5/h8-11,13-16,22,28,31,35,43H,12,17-20,23-26H2,1-7H3/t28-,31+,35-,43+/m0/s1. The van der Waals surface area contributed by atoms with E-state index >= 15 is 22.0 Å². The molecule has 3 aromatic carbocycles. The van der Waals surface area contributed by atoms with Gasteiger partial charge in [-0.1, -0.05) is 24.3 Å². The van der Waals surface area contributed by atoms with Crippen LogP contribution in [0, 0.1) is 35.3 Å². The van der Waals surface area contributed by atoms with E-state index in [1.807, 2.05) is 4.90 Å². The average Bonchev–Trinajstić information content (AvgIpc) is 4.01. The number of pyridine rings is 1. The first-order valence-corrected chi connectivity index (χ1v) is 22.6. The highest BCUT2D eigenvalue weighted by atomic mass is 19.4. The van der Waals surface area contributed by atoms with Crippen molar-refractivity contribution in [3.63, 3.8) is 0 Å². The molecular weight excluding hydrogens is 890 g/mol. The number of nitrogens with zero attached hydrogens (tertiary/aromatic N) is 7. The first-order valence-electron chi connectivity index (χ1n) is 22.6. The molecule has 1 amide bonds. The van der Waals surface area contributed by atoms with Crippen molar-refractivity contribution in [1.82, 2.24) is 19.9 Å². The maximum absolute atomic E-state index is 17.9. The Kier molecular flexibility index (Phi) is 11.9. The molecule has 2 saturated heterocycles. The number of anilines is 2. The number of alkyl halides is 3. The molecule has 5 aromatic rings. The number of piperazine rings is 1. The van der Waals surface area contributed by atoms with Crippen LogP contribution in [0.25, 0.3) is 22.2 Å². The lowest BCUT2D eigenvalue weighted by Crippen LogP contribution is -2.65. The number of benzene rings is 3. The van der Waals surface area contributed by atoms with E-state index in [0.717, 1.165) is 25.8 Å². The smallest absolute Gasteiger partial charge is 0.417 e. The van der Waals surface area contributed by atoms with Gasteiger partial charge in [-0.2, -0.15) is 28.4 Å². The number of carbonyl (C=O) groups excluding carboxylic acids is 1. The summed E-state index contributed by atoms with van der Waals surface area (Å²) in [5, 5.41) is 9.53. The Hall–Kier alpha value is -6.64. The van der Waals surface area contributed by atoms with Crippen LogP contribution in [0.15, 0.2) is 54.6 Å². The second-order valence-corrected chi connectivity index (χ2v) is 19.2. The van der Waals surface area contributed by atoms with Gasteiger partial charge in [0.2, 0.25) is 5.88 Å². The minimum Gasteiger partial charge on any atom is -0.497 e. The van der Waals surface area contributed by atoms with E-state index in [9.17, 15) is 10.1 Å². The summed E-state index contributed by atoms with van der Waals surface area (Å²) >= 11 is 0. The first kappa shape index (κ1) is 46.5. The summed E-state index contributed by atoms with van der Waals surface area (Å²) in [6, 6.07) is 15.5. The molecule has 0 radical (unpaired) electrons. The van der Waals surface area contributed by atoms with Gasteiger partial charge in [0, 0.05) is 37.0 Å². The molecule has 18 heteroatoms. The fraction of sp³-hybridized carbons (Fsp3) is 0.460. The Morgan fingerprint density at radius 2 is 1.57 bits per heavy atom. The van der Waals surface area contributed by atoms with Gasteiger partial charge in [0.05, 0.1) is 56.3 Å². The van der Waals surface area contributed by atoms with Gasteiger partial charge in [-0.05, 0) is 107 Å². The Morgan fingerprint density at radius 3 is 2.13 bits per heavy atom. The van der Waals surface area contributed by atoms with Gasteiger partial charge < -0.3 is 33.5 Å². The molecule has 13 nitrogen and oxygen atoms in total. The fourth-order valence-electron chi connectivity index (χ4n) is 9.88. The Balaban J connectivity index is 1.23. The van der Waals surface area contributed by atoms with Crippen molar-refractivity contribution in [3.05, 3.63) is 88.5 Å². The van der Waals surface area contributed by atoms with Crippen LogP contribution >= 0.6 is 0 Å². The molecular formula is C50H52F5N7O6. The molecule has 68 heavy (non-hydrogen) atoms. The topological polar surface area (TPSA) is 135 Å². The monoisotopic (exact) mass is 941 g/mol. The van der Waals surface area contributed by atoms with Crippen LogP contribution in [-0.2, 0) is 24.0 Å². The summed E-state index contributed by atoms with van der Waals surface area (Å²) in [5.41, 5.74) is -4.22. The maximum Gasteiger partial charge on any atom is 0.417 e. The zero-order chi connectivity index (χ0) is 48.4. The van der Waals surface area contributed by atoms with Crippen molar-refractivity contribution in [3.8, 4) is 40.7 Å². The number of hydrogen-bond acceptors (Lipinski definition) is 12. The highest BCUT2D eigenvalue weighted by Gasteiger charge is 2.54. The van der Waals surface area contributed by atoms with E-state index in [2.05, 4.69) is 16.0 Å². The molecule has 0 unspecified atom stereocenters.